The highest BCUT2D eigenvalue weighted by Gasteiger charge is 2.14. The van der Waals surface area contributed by atoms with Gasteiger partial charge in [0.15, 0.2) is 0 Å². The molecule has 168 valence electrons. The summed E-state index contributed by atoms with van der Waals surface area (Å²) in [5.74, 6) is 1.17. The number of nitrogens with one attached hydrogen (secondary N) is 1. The average molecular weight is 472 g/mol. The highest BCUT2D eigenvalue weighted by atomic mass is 35.5. The van der Waals surface area contributed by atoms with Gasteiger partial charge in [-0.3, -0.25) is 0 Å². The summed E-state index contributed by atoms with van der Waals surface area (Å²) in [4.78, 5) is 13.7. The van der Waals surface area contributed by atoms with Gasteiger partial charge in [0.1, 0.15) is 5.75 Å². The number of benzene rings is 2. The number of piperazine rings is 1. The summed E-state index contributed by atoms with van der Waals surface area (Å²) in [7, 11) is 2.16. The Hall–Kier alpha value is -2.54. The van der Waals surface area contributed by atoms with Crippen LogP contribution in [0.2, 0.25) is 10.0 Å². The summed E-state index contributed by atoms with van der Waals surface area (Å²) in [5.41, 5.74) is 3.92. The van der Waals surface area contributed by atoms with Gasteiger partial charge < -0.3 is 19.9 Å². The summed E-state index contributed by atoms with van der Waals surface area (Å²) in [6.07, 6.45) is 2.18. The molecule has 0 bridgehead atoms. The predicted molar refractivity (Wildman–Crippen MR) is 132 cm³/mol. The maximum Gasteiger partial charge on any atom is 0.227 e. The van der Waals surface area contributed by atoms with Crippen molar-refractivity contribution in [3.8, 4) is 5.75 Å². The first-order valence-corrected chi connectivity index (χ1v) is 11.5. The van der Waals surface area contributed by atoms with Gasteiger partial charge in [0.25, 0.3) is 0 Å². The molecule has 2 heterocycles. The summed E-state index contributed by atoms with van der Waals surface area (Å²) in [5, 5.41) is 4.39. The molecule has 0 radical (unpaired) electrons. The molecule has 0 amide bonds. The lowest BCUT2D eigenvalue weighted by Crippen LogP contribution is -2.44. The highest BCUT2D eigenvalue weighted by Crippen LogP contribution is 2.28. The van der Waals surface area contributed by atoms with Crippen LogP contribution in [0.3, 0.4) is 0 Å². The fourth-order valence-electron chi connectivity index (χ4n) is 3.65. The molecule has 0 atom stereocenters. The Balaban J connectivity index is 1.45. The van der Waals surface area contributed by atoms with Crippen LogP contribution < -0.4 is 15.0 Å². The zero-order valence-electron chi connectivity index (χ0n) is 18.3. The van der Waals surface area contributed by atoms with E-state index in [0.29, 0.717) is 34.8 Å². The molecular weight excluding hydrogens is 445 g/mol. The summed E-state index contributed by atoms with van der Waals surface area (Å²) in [6, 6.07) is 14.1. The molecule has 1 N–H and O–H groups in total. The van der Waals surface area contributed by atoms with Crippen molar-refractivity contribution in [1.29, 1.82) is 0 Å². The third-order valence-electron chi connectivity index (χ3n) is 5.48. The summed E-state index contributed by atoms with van der Waals surface area (Å²) in [6.45, 7) is 6.74. The third kappa shape index (κ3) is 5.63. The molecule has 3 aromatic rings. The molecule has 1 fully saturated rings. The summed E-state index contributed by atoms with van der Waals surface area (Å²) < 4.78 is 5.59. The van der Waals surface area contributed by atoms with Gasteiger partial charge in [-0.05, 0) is 55.9 Å². The first-order valence-electron chi connectivity index (χ1n) is 10.7. The first-order chi connectivity index (χ1) is 15.5. The van der Waals surface area contributed by atoms with E-state index in [4.69, 9.17) is 27.9 Å². The molecule has 4 rings (SSSR count). The average Bonchev–Trinajstić information content (AvgIpc) is 2.80. The number of hydrogen-bond donors (Lipinski definition) is 1. The van der Waals surface area contributed by atoms with Crippen LogP contribution in [-0.2, 0) is 6.42 Å². The molecule has 2 aromatic carbocycles. The molecular formula is C24H27Cl2N5O. The Morgan fingerprint density at radius 2 is 1.75 bits per heavy atom. The van der Waals surface area contributed by atoms with Gasteiger partial charge in [-0.25, -0.2) is 9.97 Å². The van der Waals surface area contributed by atoms with E-state index < -0.39 is 0 Å². The van der Waals surface area contributed by atoms with E-state index in [1.54, 1.807) is 6.20 Å². The fourth-order valence-corrected chi connectivity index (χ4v) is 3.98. The minimum Gasteiger partial charge on any atom is -0.492 e. The minimum atomic E-state index is 0.510. The van der Waals surface area contributed by atoms with Crippen molar-refractivity contribution in [1.82, 2.24) is 14.9 Å². The topological polar surface area (TPSA) is 53.5 Å². The van der Waals surface area contributed by atoms with E-state index in [1.165, 1.54) is 5.69 Å². The van der Waals surface area contributed by atoms with Gasteiger partial charge in [-0.2, -0.15) is 0 Å². The second kappa shape index (κ2) is 10.4. The minimum absolute atomic E-state index is 0.510. The number of rotatable bonds is 7. The molecule has 0 aliphatic carbocycles. The summed E-state index contributed by atoms with van der Waals surface area (Å²) >= 11 is 12.6. The maximum absolute atomic E-state index is 6.38. The molecule has 1 aliphatic heterocycles. The smallest absolute Gasteiger partial charge is 0.227 e. The van der Waals surface area contributed by atoms with Crippen LogP contribution in [0.15, 0.2) is 48.7 Å². The number of aromatic nitrogens is 2. The monoisotopic (exact) mass is 471 g/mol. The van der Waals surface area contributed by atoms with Crippen LogP contribution in [0.4, 0.5) is 17.3 Å². The molecule has 0 spiro atoms. The lowest BCUT2D eigenvalue weighted by Gasteiger charge is -2.34. The van der Waals surface area contributed by atoms with Crippen molar-refractivity contribution >= 4 is 40.5 Å². The number of nitrogens with zero attached hydrogens (tertiary/aromatic N) is 4. The number of likely N-dealkylation sites (N-methyl/N-ethyl adjacent to an activating group) is 1. The first kappa shape index (κ1) is 22.6. The number of hydrogen-bond acceptors (Lipinski definition) is 6. The zero-order valence-corrected chi connectivity index (χ0v) is 19.8. The van der Waals surface area contributed by atoms with Crippen molar-refractivity contribution in [2.24, 2.45) is 0 Å². The van der Waals surface area contributed by atoms with E-state index in [0.717, 1.165) is 43.1 Å². The largest absolute Gasteiger partial charge is 0.492 e. The van der Waals surface area contributed by atoms with Crippen LogP contribution in [0.1, 0.15) is 18.2 Å². The molecule has 1 saturated heterocycles. The van der Waals surface area contributed by atoms with Crippen LogP contribution in [-0.4, -0.2) is 54.7 Å². The molecule has 32 heavy (non-hydrogen) atoms. The van der Waals surface area contributed by atoms with Crippen LogP contribution in [0.25, 0.3) is 0 Å². The van der Waals surface area contributed by atoms with Gasteiger partial charge in [0, 0.05) is 44.0 Å². The lowest BCUT2D eigenvalue weighted by molar-refractivity contribution is 0.313. The van der Waals surface area contributed by atoms with Gasteiger partial charge in [0.05, 0.1) is 28.5 Å². The van der Waals surface area contributed by atoms with E-state index >= 15 is 0 Å². The van der Waals surface area contributed by atoms with Crippen LogP contribution in [0.5, 0.6) is 5.75 Å². The Morgan fingerprint density at radius 1 is 1.00 bits per heavy atom. The fraction of sp³-hybridized carbons (Fsp3) is 0.333. The Labute approximate surface area is 199 Å². The lowest BCUT2D eigenvalue weighted by atomic mass is 10.1. The van der Waals surface area contributed by atoms with Crippen molar-refractivity contribution in [2.75, 3.05) is 50.1 Å². The van der Waals surface area contributed by atoms with Crippen LogP contribution >= 0.6 is 23.2 Å². The van der Waals surface area contributed by atoms with Gasteiger partial charge >= 0.3 is 0 Å². The number of ether oxygens (including phenoxy) is 1. The van der Waals surface area contributed by atoms with E-state index in [9.17, 15) is 0 Å². The molecule has 0 saturated carbocycles. The SMILES string of the molecule is CCOc1cc(Cc2nc(Nc3ccc(N4CCN(C)CC4)cc3)ncc2Cl)ccc1Cl. The van der Waals surface area contributed by atoms with Crippen molar-refractivity contribution in [3.05, 3.63) is 70.0 Å². The van der Waals surface area contributed by atoms with Gasteiger partial charge in [0.2, 0.25) is 5.95 Å². The van der Waals surface area contributed by atoms with Crippen molar-refractivity contribution < 1.29 is 4.74 Å². The predicted octanol–water partition coefficient (Wildman–Crippen LogP) is 5.27. The molecule has 1 aromatic heterocycles. The molecule has 6 nitrogen and oxygen atoms in total. The normalized spacial score (nSPS) is 14.4. The van der Waals surface area contributed by atoms with Crippen molar-refractivity contribution in [2.45, 2.75) is 13.3 Å². The molecule has 0 unspecified atom stereocenters. The zero-order chi connectivity index (χ0) is 22.5. The standard InChI is InChI=1S/C24H27Cl2N5O/c1-3-32-23-15-17(4-9-20(23)25)14-22-21(26)16-27-24(29-22)28-18-5-7-19(8-6-18)31-12-10-30(2)11-13-31/h4-9,15-16H,3,10-14H2,1-2H3,(H,27,28,29). The van der Waals surface area contributed by atoms with E-state index in [1.807, 2.05) is 25.1 Å². The molecule has 8 heteroatoms. The third-order valence-corrected chi connectivity index (χ3v) is 6.10. The number of anilines is 3. The maximum atomic E-state index is 6.38. The van der Waals surface area contributed by atoms with Crippen molar-refractivity contribution in [3.63, 3.8) is 0 Å². The van der Waals surface area contributed by atoms with E-state index in [-0.39, 0.29) is 0 Å². The van der Waals surface area contributed by atoms with Gasteiger partial charge in [-0.15, -0.1) is 0 Å². The second-order valence-electron chi connectivity index (χ2n) is 7.83. The number of halogens is 2. The second-order valence-corrected chi connectivity index (χ2v) is 8.64. The quantitative estimate of drug-likeness (QED) is 0.506. The Morgan fingerprint density at radius 3 is 2.47 bits per heavy atom. The van der Waals surface area contributed by atoms with Gasteiger partial charge in [-0.1, -0.05) is 29.3 Å². The Kier molecular flexibility index (Phi) is 7.35. The van der Waals surface area contributed by atoms with E-state index in [2.05, 4.69) is 56.4 Å². The van der Waals surface area contributed by atoms with Crippen LogP contribution in [0, 0.1) is 0 Å². The Bertz CT molecular complexity index is 1050. The highest BCUT2D eigenvalue weighted by molar-refractivity contribution is 6.32. The molecule has 1 aliphatic rings.